The second-order valence-corrected chi connectivity index (χ2v) is 4.30. The Balaban J connectivity index is 4.31. The van der Waals surface area contributed by atoms with Gasteiger partial charge in [0.25, 0.3) is 0 Å². The summed E-state index contributed by atoms with van der Waals surface area (Å²) in [5.41, 5.74) is 0. The molecule has 0 aromatic rings. The minimum absolute atomic E-state index is 0.00369. The number of hydrogen-bond acceptors (Lipinski definition) is 4. The monoisotopic (exact) mass is 245 g/mol. The van der Waals surface area contributed by atoms with Crippen LogP contribution in [0.1, 0.15) is 33.6 Å². The Morgan fingerprint density at radius 2 is 2.00 bits per heavy atom. The van der Waals surface area contributed by atoms with Gasteiger partial charge in [-0.05, 0) is 19.3 Å². The number of hydrogen-bond donors (Lipinski definition) is 1. The maximum absolute atomic E-state index is 11.8. The third-order valence-electron chi connectivity index (χ3n) is 2.11. The van der Waals surface area contributed by atoms with Crippen LogP contribution in [0.2, 0.25) is 0 Å². The molecule has 0 aliphatic carbocycles. The number of aliphatic hydroxyl groups is 1. The van der Waals surface area contributed by atoms with E-state index >= 15 is 0 Å². The lowest BCUT2D eigenvalue weighted by atomic mass is 10.2. The third-order valence-corrected chi connectivity index (χ3v) is 2.11. The van der Waals surface area contributed by atoms with E-state index in [1.165, 1.54) is 4.90 Å². The van der Waals surface area contributed by atoms with Crippen LogP contribution in [-0.4, -0.2) is 48.2 Å². The van der Waals surface area contributed by atoms with Gasteiger partial charge in [0, 0.05) is 19.6 Å². The molecule has 0 heterocycles. The molecule has 0 atom stereocenters. The fraction of sp³-hybridized carbons (Fsp3) is 0.833. The number of nitrogens with zero attached hydrogens (tertiary/aromatic N) is 1. The van der Waals surface area contributed by atoms with E-state index in [2.05, 4.69) is 0 Å². The van der Waals surface area contributed by atoms with Gasteiger partial charge in [0.15, 0.2) is 0 Å². The Kier molecular flexibility index (Phi) is 8.40. The lowest BCUT2D eigenvalue weighted by molar-refractivity contribution is -0.149. The van der Waals surface area contributed by atoms with Crippen molar-refractivity contribution in [3.63, 3.8) is 0 Å². The lowest BCUT2D eigenvalue weighted by Crippen LogP contribution is -2.38. The fourth-order valence-corrected chi connectivity index (χ4v) is 1.45. The standard InChI is InChI=1S/C12H23NO4/c1-4-17-12(16)9-13(8-10(2)3)11(15)6-5-7-14/h10,14H,4-9H2,1-3H3. The summed E-state index contributed by atoms with van der Waals surface area (Å²) in [7, 11) is 0. The van der Waals surface area contributed by atoms with Crippen molar-refractivity contribution in [3.05, 3.63) is 0 Å². The molecule has 5 nitrogen and oxygen atoms in total. The maximum Gasteiger partial charge on any atom is 0.325 e. The van der Waals surface area contributed by atoms with Crippen LogP contribution in [0, 0.1) is 5.92 Å². The van der Waals surface area contributed by atoms with Crippen molar-refractivity contribution in [3.8, 4) is 0 Å². The number of carbonyl (C=O) groups excluding carboxylic acids is 2. The molecular weight excluding hydrogens is 222 g/mol. The fourth-order valence-electron chi connectivity index (χ4n) is 1.45. The summed E-state index contributed by atoms with van der Waals surface area (Å²) in [6.07, 6.45) is 0.693. The van der Waals surface area contributed by atoms with Crippen LogP contribution in [-0.2, 0) is 14.3 Å². The molecule has 17 heavy (non-hydrogen) atoms. The molecule has 0 saturated heterocycles. The van der Waals surface area contributed by atoms with E-state index in [0.29, 0.717) is 25.5 Å². The number of carbonyl (C=O) groups is 2. The molecule has 0 fully saturated rings. The van der Waals surface area contributed by atoms with Crippen molar-refractivity contribution in [1.29, 1.82) is 0 Å². The molecule has 0 radical (unpaired) electrons. The molecule has 0 rings (SSSR count). The van der Waals surface area contributed by atoms with Gasteiger partial charge in [-0.2, -0.15) is 0 Å². The van der Waals surface area contributed by atoms with Crippen LogP contribution in [0.4, 0.5) is 0 Å². The zero-order chi connectivity index (χ0) is 13.3. The number of ether oxygens (including phenoxy) is 1. The van der Waals surface area contributed by atoms with Crippen molar-refractivity contribution >= 4 is 11.9 Å². The van der Waals surface area contributed by atoms with Gasteiger partial charge in [-0.15, -0.1) is 0 Å². The highest BCUT2D eigenvalue weighted by Gasteiger charge is 2.18. The molecule has 5 heteroatoms. The molecule has 0 bridgehead atoms. The minimum atomic E-state index is -0.384. The Morgan fingerprint density at radius 1 is 1.35 bits per heavy atom. The predicted octanol–water partition coefficient (Wildman–Crippen LogP) is 0.807. The molecule has 0 aromatic carbocycles. The van der Waals surface area contributed by atoms with Crippen molar-refractivity contribution in [2.75, 3.05) is 26.3 Å². The van der Waals surface area contributed by atoms with Crippen LogP contribution in [0.3, 0.4) is 0 Å². The predicted molar refractivity (Wildman–Crippen MR) is 64.4 cm³/mol. The van der Waals surface area contributed by atoms with E-state index in [1.54, 1.807) is 6.92 Å². The van der Waals surface area contributed by atoms with Crippen molar-refractivity contribution in [2.24, 2.45) is 5.92 Å². The second kappa shape index (κ2) is 8.98. The zero-order valence-electron chi connectivity index (χ0n) is 10.9. The van der Waals surface area contributed by atoms with Crippen LogP contribution in [0.5, 0.6) is 0 Å². The van der Waals surface area contributed by atoms with Gasteiger partial charge in [0.1, 0.15) is 6.54 Å². The number of aliphatic hydroxyl groups excluding tert-OH is 1. The Labute approximate surface area is 103 Å². The summed E-state index contributed by atoms with van der Waals surface area (Å²) in [4.78, 5) is 24.6. The molecule has 0 saturated carbocycles. The maximum atomic E-state index is 11.8. The van der Waals surface area contributed by atoms with Gasteiger partial charge >= 0.3 is 5.97 Å². The first-order chi connectivity index (χ1) is 8.01. The average Bonchev–Trinajstić information content (AvgIpc) is 2.24. The van der Waals surface area contributed by atoms with E-state index in [9.17, 15) is 9.59 Å². The van der Waals surface area contributed by atoms with E-state index in [0.717, 1.165) is 0 Å². The van der Waals surface area contributed by atoms with Gasteiger partial charge in [-0.1, -0.05) is 13.8 Å². The second-order valence-electron chi connectivity index (χ2n) is 4.30. The van der Waals surface area contributed by atoms with E-state index in [1.807, 2.05) is 13.8 Å². The topological polar surface area (TPSA) is 66.8 Å². The van der Waals surface area contributed by atoms with E-state index in [-0.39, 0.29) is 31.4 Å². The van der Waals surface area contributed by atoms with E-state index in [4.69, 9.17) is 9.84 Å². The van der Waals surface area contributed by atoms with Crippen LogP contribution in [0.25, 0.3) is 0 Å². The molecule has 0 aliphatic heterocycles. The molecule has 0 spiro atoms. The summed E-state index contributed by atoms with van der Waals surface area (Å²) in [5.74, 6) is -0.200. The summed E-state index contributed by atoms with van der Waals surface area (Å²) >= 11 is 0. The Morgan fingerprint density at radius 3 is 2.47 bits per heavy atom. The molecule has 1 N–H and O–H groups in total. The minimum Gasteiger partial charge on any atom is -0.465 e. The van der Waals surface area contributed by atoms with Gasteiger partial charge in [-0.3, -0.25) is 9.59 Å². The SMILES string of the molecule is CCOC(=O)CN(CC(C)C)C(=O)CCCO. The van der Waals surface area contributed by atoms with Gasteiger partial charge < -0.3 is 14.7 Å². The molecule has 0 aliphatic rings. The molecular formula is C12H23NO4. The largest absolute Gasteiger partial charge is 0.465 e. The highest BCUT2D eigenvalue weighted by atomic mass is 16.5. The van der Waals surface area contributed by atoms with Gasteiger partial charge in [0.05, 0.1) is 6.61 Å². The summed E-state index contributed by atoms with van der Waals surface area (Å²) in [5, 5.41) is 8.68. The quantitative estimate of drug-likeness (QED) is 0.642. The molecule has 100 valence electrons. The summed E-state index contributed by atoms with van der Waals surface area (Å²) < 4.78 is 4.83. The molecule has 1 amide bonds. The number of esters is 1. The first kappa shape index (κ1) is 15.9. The van der Waals surface area contributed by atoms with Crippen molar-refractivity contribution in [2.45, 2.75) is 33.6 Å². The third kappa shape index (κ3) is 7.74. The highest BCUT2D eigenvalue weighted by molar-refractivity contribution is 5.82. The number of rotatable bonds is 8. The smallest absolute Gasteiger partial charge is 0.325 e. The summed E-state index contributed by atoms with van der Waals surface area (Å²) in [6.45, 7) is 6.53. The number of amides is 1. The van der Waals surface area contributed by atoms with Crippen molar-refractivity contribution in [1.82, 2.24) is 4.90 Å². The summed E-state index contributed by atoms with van der Waals surface area (Å²) in [6, 6.07) is 0. The van der Waals surface area contributed by atoms with Crippen molar-refractivity contribution < 1.29 is 19.4 Å². The lowest BCUT2D eigenvalue weighted by Gasteiger charge is -2.23. The molecule has 0 unspecified atom stereocenters. The van der Waals surface area contributed by atoms with E-state index < -0.39 is 0 Å². The van der Waals surface area contributed by atoms with Crippen LogP contribution >= 0.6 is 0 Å². The zero-order valence-corrected chi connectivity index (χ0v) is 10.9. The Bertz CT molecular complexity index is 241. The van der Waals surface area contributed by atoms with Gasteiger partial charge in [-0.25, -0.2) is 0 Å². The Hall–Kier alpha value is -1.10. The van der Waals surface area contributed by atoms with Crippen LogP contribution < -0.4 is 0 Å². The average molecular weight is 245 g/mol. The van der Waals surface area contributed by atoms with Gasteiger partial charge in [0.2, 0.25) is 5.91 Å². The first-order valence-electron chi connectivity index (χ1n) is 6.05. The molecule has 0 aromatic heterocycles. The van der Waals surface area contributed by atoms with Crippen LogP contribution in [0.15, 0.2) is 0 Å². The first-order valence-corrected chi connectivity index (χ1v) is 6.05. The normalized spacial score (nSPS) is 10.4. The highest BCUT2D eigenvalue weighted by Crippen LogP contribution is 2.03.